The van der Waals surface area contributed by atoms with Gasteiger partial charge in [-0.05, 0) is 50.3 Å². The summed E-state index contributed by atoms with van der Waals surface area (Å²) in [5.74, 6) is 1.39. The standard InChI is InChI=1S/C14H19N5S/c1-10-9-18(2)8-6-12(10)19-13(16-17-14(19)20)11-5-3-4-7-15-11/h3-5,7,10,12H,6,8-9H2,1-2H3,(H,17,20). The predicted octanol–water partition coefficient (Wildman–Crippen LogP) is 2.52. The lowest BCUT2D eigenvalue weighted by Gasteiger charge is -2.35. The van der Waals surface area contributed by atoms with Crippen molar-refractivity contribution < 1.29 is 0 Å². The molecule has 1 aliphatic heterocycles. The van der Waals surface area contributed by atoms with Crippen LogP contribution in [0, 0.1) is 10.7 Å². The van der Waals surface area contributed by atoms with Gasteiger partial charge in [0, 0.05) is 18.8 Å². The molecule has 0 amide bonds. The lowest BCUT2D eigenvalue weighted by Crippen LogP contribution is -2.38. The van der Waals surface area contributed by atoms with Gasteiger partial charge < -0.3 is 4.90 Å². The van der Waals surface area contributed by atoms with Gasteiger partial charge >= 0.3 is 0 Å². The maximum Gasteiger partial charge on any atom is 0.195 e. The first kappa shape index (κ1) is 13.5. The molecule has 0 aliphatic carbocycles. The largest absolute Gasteiger partial charge is 0.306 e. The van der Waals surface area contributed by atoms with Gasteiger partial charge in [-0.25, -0.2) is 0 Å². The Hall–Kier alpha value is -1.53. The third-order valence-corrected chi connectivity index (χ3v) is 4.28. The fourth-order valence-corrected chi connectivity index (χ4v) is 3.28. The number of nitrogens with zero attached hydrogens (tertiary/aromatic N) is 4. The highest BCUT2D eigenvalue weighted by Crippen LogP contribution is 2.30. The summed E-state index contributed by atoms with van der Waals surface area (Å²) >= 11 is 5.44. The van der Waals surface area contributed by atoms with E-state index < -0.39 is 0 Å². The average molecular weight is 289 g/mol. The molecule has 0 bridgehead atoms. The van der Waals surface area contributed by atoms with Crippen molar-refractivity contribution in [3.8, 4) is 11.5 Å². The molecule has 0 radical (unpaired) electrons. The van der Waals surface area contributed by atoms with E-state index in [2.05, 4.69) is 38.6 Å². The summed E-state index contributed by atoms with van der Waals surface area (Å²) in [6.07, 6.45) is 2.88. The van der Waals surface area contributed by atoms with Crippen LogP contribution in [0.25, 0.3) is 11.5 Å². The van der Waals surface area contributed by atoms with Crippen LogP contribution in [0.4, 0.5) is 0 Å². The minimum atomic E-state index is 0.384. The van der Waals surface area contributed by atoms with Crippen molar-refractivity contribution >= 4 is 12.2 Å². The Labute approximate surface area is 123 Å². The van der Waals surface area contributed by atoms with Crippen molar-refractivity contribution in [1.29, 1.82) is 0 Å². The van der Waals surface area contributed by atoms with Gasteiger partial charge in [0.1, 0.15) is 5.69 Å². The molecule has 5 nitrogen and oxygen atoms in total. The number of aromatic nitrogens is 4. The molecule has 2 atom stereocenters. The molecule has 1 N–H and O–H groups in total. The van der Waals surface area contributed by atoms with Crippen molar-refractivity contribution in [3.05, 3.63) is 29.2 Å². The number of piperidine rings is 1. The normalized spacial score (nSPS) is 23.9. The van der Waals surface area contributed by atoms with Crippen LogP contribution in [0.5, 0.6) is 0 Å². The summed E-state index contributed by atoms with van der Waals surface area (Å²) in [5, 5.41) is 7.31. The molecule has 0 spiro atoms. The van der Waals surface area contributed by atoms with Crippen LogP contribution in [0.15, 0.2) is 24.4 Å². The van der Waals surface area contributed by atoms with E-state index in [0.29, 0.717) is 16.7 Å². The smallest absolute Gasteiger partial charge is 0.195 e. The van der Waals surface area contributed by atoms with Gasteiger partial charge in [-0.1, -0.05) is 13.0 Å². The molecule has 0 aromatic carbocycles. The monoisotopic (exact) mass is 289 g/mol. The lowest BCUT2D eigenvalue weighted by molar-refractivity contribution is 0.158. The van der Waals surface area contributed by atoms with Crippen molar-refractivity contribution in [2.75, 3.05) is 20.1 Å². The Bertz CT molecular complexity index is 633. The second-order valence-corrected chi connectivity index (χ2v) is 5.92. The predicted molar refractivity (Wildman–Crippen MR) is 81.0 cm³/mol. The maximum absolute atomic E-state index is 5.44. The zero-order valence-corrected chi connectivity index (χ0v) is 12.6. The Kier molecular flexibility index (Phi) is 3.67. The summed E-state index contributed by atoms with van der Waals surface area (Å²) in [4.78, 5) is 6.76. The second-order valence-electron chi connectivity index (χ2n) is 5.53. The van der Waals surface area contributed by atoms with E-state index in [1.54, 1.807) is 6.20 Å². The van der Waals surface area contributed by atoms with E-state index in [-0.39, 0.29) is 0 Å². The molecule has 106 valence electrons. The number of aromatic amines is 1. The van der Waals surface area contributed by atoms with E-state index in [0.717, 1.165) is 31.0 Å². The summed E-state index contributed by atoms with van der Waals surface area (Å²) < 4.78 is 2.84. The van der Waals surface area contributed by atoms with E-state index >= 15 is 0 Å². The van der Waals surface area contributed by atoms with E-state index in [9.17, 15) is 0 Å². The molecule has 2 unspecified atom stereocenters. The van der Waals surface area contributed by atoms with Crippen molar-refractivity contribution in [2.45, 2.75) is 19.4 Å². The molecular weight excluding hydrogens is 270 g/mol. The van der Waals surface area contributed by atoms with Crippen LogP contribution in [0.2, 0.25) is 0 Å². The zero-order valence-electron chi connectivity index (χ0n) is 11.8. The molecular formula is C14H19N5S. The molecule has 2 aromatic rings. The van der Waals surface area contributed by atoms with Crippen LogP contribution in [-0.2, 0) is 0 Å². The lowest BCUT2D eigenvalue weighted by atomic mass is 9.94. The van der Waals surface area contributed by atoms with Crippen LogP contribution in [0.3, 0.4) is 0 Å². The Morgan fingerprint density at radius 1 is 1.40 bits per heavy atom. The van der Waals surface area contributed by atoms with Gasteiger partial charge in [0.15, 0.2) is 10.6 Å². The number of pyridine rings is 1. The highest BCUT2D eigenvalue weighted by molar-refractivity contribution is 7.71. The molecule has 3 rings (SSSR count). The molecule has 6 heteroatoms. The van der Waals surface area contributed by atoms with E-state index in [4.69, 9.17) is 12.2 Å². The molecule has 1 saturated heterocycles. The number of rotatable bonds is 2. The topological polar surface area (TPSA) is 49.7 Å². The molecule has 20 heavy (non-hydrogen) atoms. The maximum atomic E-state index is 5.44. The molecule has 3 heterocycles. The summed E-state index contributed by atoms with van der Waals surface area (Å²) in [5.41, 5.74) is 0.867. The molecule has 1 fully saturated rings. The number of hydrogen-bond donors (Lipinski definition) is 1. The highest BCUT2D eigenvalue weighted by Gasteiger charge is 2.28. The minimum Gasteiger partial charge on any atom is -0.306 e. The van der Waals surface area contributed by atoms with E-state index in [1.165, 1.54) is 0 Å². The van der Waals surface area contributed by atoms with Crippen LogP contribution >= 0.6 is 12.2 Å². The van der Waals surface area contributed by atoms with Gasteiger partial charge in [-0.3, -0.25) is 14.6 Å². The summed E-state index contributed by atoms with van der Waals surface area (Å²) in [7, 11) is 2.17. The fraction of sp³-hybridized carbons (Fsp3) is 0.500. The number of likely N-dealkylation sites (tertiary alicyclic amines) is 1. The van der Waals surface area contributed by atoms with Crippen molar-refractivity contribution in [2.24, 2.45) is 5.92 Å². The fourth-order valence-electron chi connectivity index (χ4n) is 3.01. The van der Waals surface area contributed by atoms with Gasteiger partial charge in [0.05, 0.1) is 0 Å². The highest BCUT2D eigenvalue weighted by atomic mass is 32.1. The first-order valence-corrected chi connectivity index (χ1v) is 7.34. The summed E-state index contributed by atoms with van der Waals surface area (Å²) in [6.45, 7) is 4.44. The number of nitrogens with one attached hydrogen (secondary N) is 1. The Morgan fingerprint density at radius 2 is 2.25 bits per heavy atom. The minimum absolute atomic E-state index is 0.384. The Morgan fingerprint density at radius 3 is 2.95 bits per heavy atom. The third kappa shape index (κ3) is 2.41. The van der Waals surface area contributed by atoms with Gasteiger partial charge in [-0.2, -0.15) is 5.10 Å². The zero-order chi connectivity index (χ0) is 14.1. The van der Waals surface area contributed by atoms with Gasteiger partial charge in [0.25, 0.3) is 0 Å². The quantitative estimate of drug-likeness (QED) is 0.863. The first-order chi connectivity index (χ1) is 9.66. The SMILES string of the molecule is CC1CN(C)CCC1n1c(-c2ccccn2)n[nH]c1=S. The van der Waals surface area contributed by atoms with Crippen LogP contribution in [-0.4, -0.2) is 44.8 Å². The molecule has 2 aromatic heterocycles. The second kappa shape index (κ2) is 5.46. The van der Waals surface area contributed by atoms with Gasteiger partial charge in [-0.15, -0.1) is 0 Å². The average Bonchev–Trinajstić information content (AvgIpc) is 2.82. The van der Waals surface area contributed by atoms with Crippen LogP contribution < -0.4 is 0 Å². The first-order valence-electron chi connectivity index (χ1n) is 6.93. The summed E-state index contributed by atoms with van der Waals surface area (Å²) in [6, 6.07) is 6.24. The van der Waals surface area contributed by atoms with Crippen molar-refractivity contribution in [1.82, 2.24) is 24.6 Å². The molecule has 0 saturated carbocycles. The number of hydrogen-bond acceptors (Lipinski definition) is 4. The van der Waals surface area contributed by atoms with Crippen molar-refractivity contribution in [3.63, 3.8) is 0 Å². The number of H-pyrrole nitrogens is 1. The van der Waals surface area contributed by atoms with Crippen LogP contribution in [0.1, 0.15) is 19.4 Å². The molecule has 1 aliphatic rings. The third-order valence-electron chi connectivity index (χ3n) is 3.99. The van der Waals surface area contributed by atoms with Gasteiger partial charge in [0.2, 0.25) is 0 Å². The van der Waals surface area contributed by atoms with E-state index in [1.807, 2.05) is 18.2 Å². The Balaban J connectivity index is 2.02.